The molecule has 1 amide bonds. The van der Waals surface area contributed by atoms with Gasteiger partial charge in [-0.3, -0.25) is 9.78 Å². The molecular formula is C18H20N2OS. The Morgan fingerprint density at radius 2 is 2.14 bits per heavy atom. The molecule has 1 aliphatic carbocycles. The molecule has 114 valence electrons. The van der Waals surface area contributed by atoms with Crippen molar-refractivity contribution in [2.24, 2.45) is 5.92 Å². The molecule has 22 heavy (non-hydrogen) atoms. The fourth-order valence-corrected chi connectivity index (χ4v) is 3.54. The third-order valence-corrected chi connectivity index (χ3v) is 5.00. The summed E-state index contributed by atoms with van der Waals surface area (Å²) in [5, 5.41) is 3.45. The molecule has 1 aliphatic rings. The second-order valence-corrected chi connectivity index (χ2v) is 7.23. The molecule has 1 saturated carbocycles. The molecular weight excluding hydrogens is 292 g/mol. The van der Waals surface area contributed by atoms with Gasteiger partial charge < -0.3 is 5.32 Å². The maximum absolute atomic E-state index is 12.2. The molecule has 2 aromatic rings. The van der Waals surface area contributed by atoms with Gasteiger partial charge in [0.25, 0.3) is 0 Å². The molecule has 1 aromatic carbocycles. The van der Waals surface area contributed by atoms with Gasteiger partial charge >= 0.3 is 0 Å². The standard InChI is InChI=1S/C18H20N2OS/c1-13(22-15-7-3-2-4-8-15)11-20-18(21)17-10-16(17)14-6-5-9-19-12-14/h2-9,12-13,16-17H,10-11H2,1H3,(H,20,21)/t13-,16-,17-/m1/s1. The maximum atomic E-state index is 12.2. The van der Waals surface area contributed by atoms with Crippen molar-refractivity contribution in [3.63, 3.8) is 0 Å². The highest BCUT2D eigenvalue weighted by Gasteiger charge is 2.43. The first-order valence-electron chi connectivity index (χ1n) is 7.63. The van der Waals surface area contributed by atoms with Crippen molar-refractivity contribution in [1.82, 2.24) is 10.3 Å². The van der Waals surface area contributed by atoms with Crippen molar-refractivity contribution in [2.45, 2.75) is 29.4 Å². The zero-order valence-corrected chi connectivity index (χ0v) is 13.4. The Balaban J connectivity index is 1.44. The Kier molecular flexibility index (Phi) is 4.78. The van der Waals surface area contributed by atoms with Crippen molar-refractivity contribution < 1.29 is 4.79 Å². The summed E-state index contributed by atoms with van der Waals surface area (Å²) in [5.74, 6) is 0.651. The summed E-state index contributed by atoms with van der Waals surface area (Å²) < 4.78 is 0. The van der Waals surface area contributed by atoms with Crippen LogP contribution in [0.4, 0.5) is 0 Å². The van der Waals surface area contributed by atoms with Gasteiger partial charge in [-0.15, -0.1) is 11.8 Å². The highest BCUT2D eigenvalue weighted by molar-refractivity contribution is 8.00. The summed E-state index contributed by atoms with van der Waals surface area (Å²) in [4.78, 5) is 17.6. The van der Waals surface area contributed by atoms with Crippen LogP contribution in [-0.4, -0.2) is 22.7 Å². The predicted octanol–water partition coefficient (Wildman–Crippen LogP) is 3.48. The van der Waals surface area contributed by atoms with Crippen molar-refractivity contribution in [1.29, 1.82) is 0 Å². The first kappa shape index (κ1) is 15.1. The second-order valence-electron chi connectivity index (χ2n) is 5.72. The summed E-state index contributed by atoms with van der Waals surface area (Å²) in [6.45, 7) is 2.85. The highest BCUT2D eigenvalue weighted by atomic mass is 32.2. The number of carbonyl (C=O) groups excluding carboxylic acids is 1. The smallest absolute Gasteiger partial charge is 0.223 e. The van der Waals surface area contributed by atoms with E-state index in [0.29, 0.717) is 17.7 Å². The maximum Gasteiger partial charge on any atom is 0.223 e. The van der Waals surface area contributed by atoms with Crippen LogP contribution in [-0.2, 0) is 4.79 Å². The van der Waals surface area contributed by atoms with Crippen molar-refractivity contribution in [2.75, 3.05) is 6.54 Å². The average Bonchev–Trinajstić information content (AvgIpc) is 3.35. The van der Waals surface area contributed by atoms with Crippen LogP contribution in [0, 0.1) is 5.92 Å². The molecule has 3 nitrogen and oxygen atoms in total. The lowest BCUT2D eigenvalue weighted by atomic mass is 10.1. The zero-order valence-electron chi connectivity index (χ0n) is 12.6. The molecule has 0 radical (unpaired) electrons. The van der Waals surface area contributed by atoms with Crippen molar-refractivity contribution in [3.8, 4) is 0 Å². The molecule has 0 saturated heterocycles. The SMILES string of the molecule is C[C@H](CNC(=O)[C@@H]1C[C@@H]1c1cccnc1)Sc1ccccc1. The van der Waals surface area contributed by atoms with Crippen LogP contribution in [0.1, 0.15) is 24.8 Å². The quantitative estimate of drug-likeness (QED) is 0.830. The molecule has 1 heterocycles. The number of benzene rings is 1. The second kappa shape index (κ2) is 6.97. The van der Waals surface area contributed by atoms with Gasteiger partial charge in [0.2, 0.25) is 5.91 Å². The molecule has 1 aromatic heterocycles. The number of aromatic nitrogens is 1. The first-order valence-corrected chi connectivity index (χ1v) is 8.51. The number of nitrogens with zero attached hydrogens (tertiary/aromatic N) is 1. The Hall–Kier alpha value is -1.81. The Morgan fingerprint density at radius 3 is 2.86 bits per heavy atom. The summed E-state index contributed by atoms with van der Waals surface area (Å²) in [7, 11) is 0. The lowest BCUT2D eigenvalue weighted by Gasteiger charge is -2.12. The molecule has 0 bridgehead atoms. The lowest BCUT2D eigenvalue weighted by molar-refractivity contribution is -0.122. The van der Waals surface area contributed by atoms with E-state index >= 15 is 0 Å². The van der Waals surface area contributed by atoms with Gasteiger partial charge in [-0.2, -0.15) is 0 Å². The fourth-order valence-electron chi connectivity index (χ4n) is 2.60. The largest absolute Gasteiger partial charge is 0.355 e. The van der Waals surface area contributed by atoms with E-state index < -0.39 is 0 Å². The molecule has 1 N–H and O–H groups in total. The monoisotopic (exact) mass is 312 g/mol. The van der Waals surface area contributed by atoms with Gasteiger partial charge in [-0.1, -0.05) is 31.2 Å². The van der Waals surface area contributed by atoms with Crippen LogP contribution in [0.25, 0.3) is 0 Å². The number of hydrogen-bond donors (Lipinski definition) is 1. The van der Waals surface area contributed by atoms with E-state index in [1.807, 2.05) is 30.5 Å². The fraction of sp³-hybridized carbons (Fsp3) is 0.333. The van der Waals surface area contributed by atoms with Crippen LogP contribution >= 0.6 is 11.8 Å². The van der Waals surface area contributed by atoms with Gasteiger partial charge in [0.05, 0.1) is 0 Å². The van der Waals surface area contributed by atoms with Crippen LogP contribution in [0.5, 0.6) is 0 Å². The minimum atomic E-state index is 0.123. The Bertz CT molecular complexity index is 617. The number of carbonyl (C=O) groups is 1. The minimum absolute atomic E-state index is 0.123. The van der Waals surface area contributed by atoms with E-state index in [9.17, 15) is 4.79 Å². The van der Waals surface area contributed by atoms with Gasteiger partial charge in [0, 0.05) is 35.0 Å². The normalized spacial score (nSPS) is 21.1. The minimum Gasteiger partial charge on any atom is -0.355 e. The van der Waals surface area contributed by atoms with Crippen LogP contribution in [0.2, 0.25) is 0 Å². The topological polar surface area (TPSA) is 42.0 Å². The van der Waals surface area contributed by atoms with E-state index in [2.05, 4.69) is 35.4 Å². The van der Waals surface area contributed by atoms with Crippen LogP contribution in [0.15, 0.2) is 59.8 Å². The first-order chi connectivity index (χ1) is 10.7. The van der Waals surface area contributed by atoms with E-state index in [4.69, 9.17) is 0 Å². The summed E-state index contributed by atoms with van der Waals surface area (Å²) in [6.07, 6.45) is 4.58. The van der Waals surface area contributed by atoms with Crippen LogP contribution < -0.4 is 5.32 Å². The molecule has 0 spiro atoms. The van der Waals surface area contributed by atoms with Gasteiger partial charge in [0.15, 0.2) is 0 Å². The number of pyridine rings is 1. The van der Waals surface area contributed by atoms with Crippen molar-refractivity contribution >= 4 is 17.7 Å². The number of nitrogens with one attached hydrogen (secondary N) is 1. The van der Waals surface area contributed by atoms with Gasteiger partial charge in [0.1, 0.15) is 0 Å². The Labute approximate surface area is 135 Å². The molecule has 3 atom stereocenters. The van der Waals surface area contributed by atoms with Gasteiger partial charge in [-0.25, -0.2) is 0 Å². The van der Waals surface area contributed by atoms with E-state index in [1.54, 1.807) is 18.0 Å². The summed E-state index contributed by atoms with van der Waals surface area (Å²) in [5.41, 5.74) is 1.18. The molecule has 1 fully saturated rings. The molecule has 3 rings (SSSR count). The number of amides is 1. The van der Waals surface area contributed by atoms with E-state index in [0.717, 1.165) is 6.42 Å². The third-order valence-electron chi connectivity index (χ3n) is 3.88. The average molecular weight is 312 g/mol. The zero-order chi connectivity index (χ0) is 15.4. The summed E-state index contributed by atoms with van der Waals surface area (Å²) in [6, 6.07) is 14.3. The van der Waals surface area contributed by atoms with E-state index in [-0.39, 0.29) is 11.8 Å². The lowest BCUT2D eigenvalue weighted by Crippen LogP contribution is -2.30. The van der Waals surface area contributed by atoms with Gasteiger partial charge in [-0.05, 0) is 36.1 Å². The van der Waals surface area contributed by atoms with Crippen molar-refractivity contribution in [3.05, 3.63) is 60.4 Å². The number of rotatable bonds is 6. The molecule has 0 unspecified atom stereocenters. The molecule has 4 heteroatoms. The van der Waals surface area contributed by atoms with E-state index in [1.165, 1.54) is 10.5 Å². The highest BCUT2D eigenvalue weighted by Crippen LogP contribution is 2.47. The Morgan fingerprint density at radius 1 is 1.32 bits per heavy atom. The van der Waals surface area contributed by atoms with Crippen LogP contribution in [0.3, 0.4) is 0 Å². The predicted molar refractivity (Wildman–Crippen MR) is 89.9 cm³/mol. The number of hydrogen-bond acceptors (Lipinski definition) is 3. The third kappa shape index (κ3) is 3.89. The molecule has 0 aliphatic heterocycles. The number of thioether (sulfide) groups is 1. The summed E-state index contributed by atoms with van der Waals surface area (Å²) >= 11 is 1.79.